The average molecular weight is 237 g/mol. The standard InChI is InChI=1S/C13H23N3O/c14-13(5-2-1-3-6-13)11-17-10-4-8-16-9-7-15-12-16/h7,9,12H,1-6,8,10-11,14H2. The molecule has 0 saturated heterocycles. The quantitative estimate of drug-likeness (QED) is 0.769. The third-order valence-electron chi connectivity index (χ3n) is 3.50. The molecule has 2 rings (SSSR count). The van der Waals surface area contributed by atoms with E-state index in [9.17, 15) is 0 Å². The van der Waals surface area contributed by atoms with Gasteiger partial charge in [-0.25, -0.2) is 4.98 Å². The molecule has 17 heavy (non-hydrogen) atoms. The van der Waals surface area contributed by atoms with Crippen LogP contribution in [0, 0.1) is 0 Å². The molecule has 0 bridgehead atoms. The first kappa shape index (κ1) is 12.6. The number of hydrogen-bond donors (Lipinski definition) is 1. The molecular formula is C13H23N3O. The molecule has 0 spiro atoms. The van der Waals surface area contributed by atoms with Gasteiger partial charge in [-0.1, -0.05) is 19.3 Å². The Morgan fingerprint density at radius 1 is 1.29 bits per heavy atom. The molecule has 96 valence electrons. The van der Waals surface area contributed by atoms with E-state index >= 15 is 0 Å². The van der Waals surface area contributed by atoms with Crippen molar-refractivity contribution >= 4 is 0 Å². The van der Waals surface area contributed by atoms with Gasteiger partial charge >= 0.3 is 0 Å². The Bertz CT molecular complexity index is 304. The second kappa shape index (κ2) is 6.17. The minimum absolute atomic E-state index is 0.0484. The van der Waals surface area contributed by atoms with Crippen LogP contribution in [0.1, 0.15) is 38.5 Å². The Morgan fingerprint density at radius 2 is 2.12 bits per heavy atom. The summed E-state index contributed by atoms with van der Waals surface area (Å²) in [7, 11) is 0. The maximum atomic E-state index is 6.30. The van der Waals surface area contributed by atoms with Crippen LogP contribution in [0.5, 0.6) is 0 Å². The molecule has 0 aromatic carbocycles. The summed E-state index contributed by atoms with van der Waals surface area (Å²) in [6.07, 6.45) is 12.7. The van der Waals surface area contributed by atoms with E-state index < -0.39 is 0 Å². The van der Waals surface area contributed by atoms with Crippen molar-refractivity contribution in [3.05, 3.63) is 18.7 Å². The summed E-state index contributed by atoms with van der Waals surface area (Å²) in [6, 6.07) is 0. The van der Waals surface area contributed by atoms with E-state index in [1.807, 2.05) is 12.5 Å². The van der Waals surface area contributed by atoms with Crippen molar-refractivity contribution in [3.8, 4) is 0 Å². The molecule has 1 aromatic heterocycles. The van der Waals surface area contributed by atoms with E-state index in [0.717, 1.165) is 39.0 Å². The van der Waals surface area contributed by atoms with Gasteiger partial charge in [0.1, 0.15) is 0 Å². The summed E-state index contributed by atoms with van der Waals surface area (Å²) in [5, 5.41) is 0. The van der Waals surface area contributed by atoms with Crippen LogP contribution >= 0.6 is 0 Å². The largest absolute Gasteiger partial charge is 0.379 e. The van der Waals surface area contributed by atoms with Gasteiger partial charge in [0, 0.05) is 31.1 Å². The third-order valence-corrected chi connectivity index (χ3v) is 3.50. The Labute approximate surface area is 103 Å². The molecule has 1 aromatic rings. The number of nitrogens with zero attached hydrogens (tertiary/aromatic N) is 2. The first-order valence-corrected chi connectivity index (χ1v) is 6.61. The molecule has 1 saturated carbocycles. The summed E-state index contributed by atoms with van der Waals surface area (Å²) in [6.45, 7) is 2.48. The lowest BCUT2D eigenvalue weighted by Crippen LogP contribution is -2.46. The van der Waals surface area contributed by atoms with E-state index in [1.165, 1.54) is 19.3 Å². The molecule has 0 atom stereocenters. The van der Waals surface area contributed by atoms with E-state index in [-0.39, 0.29) is 5.54 Å². The number of aromatic nitrogens is 2. The lowest BCUT2D eigenvalue weighted by molar-refractivity contribution is 0.0649. The zero-order valence-electron chi connectivity index (χ0n) is 10.5. The highest BCUT2D eigenvalue weighted by atomic mass is 16.5. The van der Waals surface area contributed by atoms with Gasteiger partial charge in [-0.15, -0.1) is 0 Å². The van der Waals surface area contributed by atoms with Crippen LogP contribution in [0.15, 0.2) is 18.7 Å². The van der Waals surface area contributed by atoms with Crippen molar-refractivity contribution in [3.63, 3.8) is 0 Å². The molecule has 1 aliphatic rings. The van der Waals surface area contributed by atoms with Gasteiger partial charge in [-0.3, -0.25) is 0 Å². The maximum absolute atomic E-state index is 6.30. The number of ether oxygens (including phenoxy) is 1. The maximum Gasteiger partial charge on any atom is 0.0945 e. The van der Waals surface area contributed by atoms with Gasteiger partial charge < -0.3 is 15.0 Å². The minimum atomic E-state index is -0.0484. The summed E-state index contributed by atoms with van der Waals surface area (Å²) in [4.78, 5) is 4.01. The van der Waals surface area contributed by atoms with Crippen molar-refractivity contribution in [1.82, 2.24) is 9.55 Å². The summed E-state index contributed by atoms with van der Waals surface area (Å²) in [5.41, 5.74) is 6.25. The first-order chi connectivity index (χ1) is 8.29. The van der Waals surface area contributed by atoms with Crippen LogP contribution < -0.4 is 5.73 Å². The van der Waals surface area contributed by atoms with Crippen LogP contribution in [0.4, 0.5) is 0 Å². The van der Waals surface area contributed by atoms with Crippen molar-refractivity contribution in [2.24, 2.45) is 5.73 Å². The number of rotatable bonds is 6. The Hall–Kier alpha value is -0.870. The molecule has 4 heteroatoms. The number of hydrogen-bond acceptors (Lipinski definition) is 3. The lowest BCUT2D eigenvalue weighted by atomic mass is 9.83. The van der Waals surface area contributed by atoms with Gasteiger partial charge in [0.25, 0.3) is 0 Å². The number of aryl methyl sites for hydroxylation is 1. The zero-order chi connectivity index (χ0) is 12.0. The molecule has 4 nitrogen and oxygen atoms in total. The highest BCUT2D eigenvalue weighted by Gasteiger charge is 2.27. The first-order valence-electron chi connectivity index (χ1n) is 6.61. The Morgan fingerprint density at radius 3 is 2.82 bits per heavy atom. The summed E-state index contributed by atoms with van der Waals surface area (Å²) >= 11 is 0. The van der Waals surface area contributed by atoms with Gasteiger partial charge in [0.05, 0.1) is 12.9 Å². The van der Waals surface area contributed by atoms with Crippen LogP contribution in [-0.2, 0) is 11.3 Å². The van der Waals surface area contributed by atoms with E-state index in [2.05, 4.69) is 9.55 Å². The molecule has 0 unspecified atom stereocenters. The fourth-order valence-electron chi connectivity index (χ4n) is 2.44. The third kappa shape index (κ3) is 4.13. The molecule has 0 amide bonds. The van der Waals surface area contributed by atoms with Crippen LogP contribution in [-0.4, -0.2) is 28.3 Å². The van der Waals surface area contributed by atoms with Gasteiger partial charge in [-0.2, -0.15) is 0 Å². The second-order valence-electron chi connectivity index (χ2n) is 5.13. The predicted octanol–water partition coefficient (Wildman–Crippen LogP) is 1.95. The number of nitrogens with two attached hydrogens (primary N) is 1. The topological polar surface area (TPSA) is 53.1 Å². The highest BCUT2D eigenvalue weighted by molar-refractivity contribution is 4.86. The van der Waals surface area contributed by atoms with E-state index in [1.54, 1.807) is 6.20 Å². The molecule has 1 fully saturated rings. The van der Waals surface area contributed by atoms with E-state index in [0.29, 0.717) is 0 Å². The van der Waals surface area contributed by atoms with Crippen LogP contribution in [0.3, 0.4) is 0 Å². The van der Waals surface area contributed by atoms with Crippen molar-refractivity contribution < 1.29 is 4.74 Å². The molecule has 0 aliphatic heterocycles. The molecule has 0 radical (unpaired) electrons. The monoisotopic (exact) mass is 237 g/mol. The lowest BCUT2D eigenvalue weighted by Gasteiger charge is -2.33. The van der Waals surface area contributed by atoms with E-state index in [4.69, 9.17) is 10.5 Å². The van der Waals surface area contributed by atoms with Crippen molar-refractivity contribution in [1.29, 1.82) is 0 Å². The molecule has 1 heterocycles. The Balaban J connectivity index is 1.56. The SMILES string of the molecule is NC1(COCCCn2ccnc2)CCCCC1. The van der Waals surface area contributed by atoms with Crippen LogP contribution in [0.2, 0.25) is 0 Å². The van der Waals surface area contributed by atoms with Gasteiger partial charge in [-0.05, 0) is 19.3 Å². The molecule has 1 aliphatic carbocycles. The average Bonchev–Trinajstić information content (AvgIpc) is 2.82. The highest BCUT2D eigenvalue weighted by Crippen LogP contribution is 2.25. The van der Waals surface area contributed by atoms with Gasteiger partial charge in [0.2, 0.25) is 0 Å². The normalized spacial score (nSPS) is 19.4. The molecular weight excluding hydrogens is 214 g/mol. The van der Waals surface area contributed by atoms with Crippen molar-refractivity contribution in [2.75, 3.05) is 13.2 Å². The Kier molecular flexibility index (Phi) is 4.57. The summed E-state index contributed by atoms with van der Waals surface area (Å²) < 4.78 is 7.79. The smallest absolute Gasteiger partial charge is 0.0945 e. The minimum Gasteiger partial charge on any atom is -0.379 e. The fourth-order valence-corrected chi connectivity index (χ4v) is 2.44. The zero-order valence-corrected chi connectivity index (χ0v) is 10.5. The molecule has 2 N–H and O–H groups in total. The van der Waals surface area contributed by atoms with Crippen molar-refractivity contribution in [2.45, 2.75) is 50.6 Å². The summed E-state index contributed by atoms with van der Waals surface area (Å²) in [5.74, 6) is 0. The van der Waals surface area contributed by atoms with Crippen LogP contribution in [0.25, 0.3) is 0 Å². The number of imidazole rings is 1. The predicted molar refractivity (Wildman–Crippen MR) is 67.7 cm³/mol. The second-order valence-corrected chi connectivity index (χ2v) is 5.13. The van der Waals surface area contributed by atoms with Gasteiger partial charge in [0.15, 0.2) is 0 Å². The fraction of sp³-hybridized carbons (Fsp3) is 0.769.